The number of benzene rings is 1. The van der Waals surface area contributed by atoms with Gasteiger partial charge in [-0.3, -0.25) is 9.69 Å². The Labute approximate surface area is 125 Å². The molecule has 2 rings (SSSR count). The highest BCUT2D eigenvalue weighted by molar-refractivity contribution is 6.31. The summed E-state index contributed by atoms with van der Waals surface area (Å²) in [5.74, 6) is 0.147. The SMILES string of the molecule is CC(=O)N1CCCN(C(CN)c2ccccc2Cl)CC1. The van der Waals surface area contributed by atoms with Gasteiger partial charge < -0.3 is 10.6 Å². The number of hydrogen-bond acceptors (Lipinski definition) is 3. The summed E-state index contributed by atoms with van der Waals surface area (Å²) in [5, 5.41) is 0.760. The number of hydrogen-bond donors (Lipinski definition) is 1. The van der Waals surface area contributed by atoms with Crippen LogP contribution in [-0.2, 0) is 4.79 Å². The van der Waals surface area contributed by atoms with Crippen LogP contribution < -0.4 is 5.73 Å². The second kappa shape index (κ2) is 7.07. The fraction of sp³-hybridized carbons (Fsp3) is 0.533. The zero-order chi connectivity index (χ0) is 14.5. The molecule has 1 heterocycles. The topological polar surface area (TPSA) is 49.6 Å². The summed E-state index contributed by atoms with van der Waals surface area (Å²) in [5.41, 5.74) is 7.05. The third-order valence-corrected chi connectivity index (χ3v) is 4.25. The van der Waals surface area contributed by atoms with Crippen LogP contribution in [-0.4, -0.2) is 48.4 Å². The molecule has 110 valence electrons. The second-order valence-electron chi connectivity index (χ2n) is 5.17. The summed E-state index contributed by atoms with van der Waals surface area (Å²) < 4.78 is 0. The van der Waals surface area contributed by atoms with Crippen molar-refractivity contribution in [3.05, 3.63) is 34.9 Å². The van der Waals surface area contributed by atoms with Gasteiger partial charge in [-0.05, 0) is 18.1 Å². The van der Waals surface area contributed by atoms with E-state index in [0.717, 1.165) is 43.2 Å². The summed E-state index contributed by atoms with van der Waals surface area (Å²) in [6.07, 6.45) is 0.973. The van der Waals surface area contributed by atoms with Gasteiger partial charge in [0.1, 0.15) is 0 Å². The Morgan fingerprint density at radius 1 is 1.30 bits per heavy atom. The van der Waals surface area contributed by atoms with Crippen molar-refractivity contribution >= 4 is 17.5 Å². The lowest BCUT2D eigenvalue weighted by Crippen LogP contribution is -2.38. The summed E-state index contributed by atoms with van der Waals surface area (Å²) in [6.45, 7) is 5.53. The van der Waals surface area contributed by atoms with Gasteiger partial charge >= 0.3 is 0 Å². The highest BCUT2D eigenvalue weighted by Crippen LogP contribution is 2.27. The zero-order valence-electron chi connectivity index (χ0n) is 11.9. The first-order valence-corrected chi connectivity index (χ1v) is 7.45. The predicted molar refractivity (Wildman–Crippen MR) is 81.7 cm³/mol. The summed E-state index contributed by atoms with van der Waals surface area (Å²) in [6, 6.07) is 7.98. The van der Waals surface area contributed by atoms with Crippen molar-refractivity contribution in [2.75, 3.05) is 32.7 Å². The lowest BCUT2D eigenvalue weighted by atomic mass is 10.0. The van der Waals surface area contributed by atoms with Gasteiger partial charge in [0.05, 0.1) is 0 Å². The van der Waals surface area contributed by atoms with E-state index in [9.17, 15) is 4.79 Å². The molecule has 1 aromatic carbocycles. The number of halogens is 1. The normalized spacial score (nSPS) is 18.6. The van der Waals surface area contributed by atoms with Crippen LogP contribution in [0.4, 0.5) is 0 Å². The molecule has 20 heavy (non-hydrogen) atoms. The highest BCUT2D eigenvalue weighted by atomic mass is 35.5. The minimum atomic E-state index is 0.121. The van der Waals surface area contributed by atoms with Crippen LogP contribution in [0.1, 0.15) is 24.9 Å². The predicted octanol–water partition coefficient (Wildman–Crippen LogP) is 1.89. The first-order chi connectivity index (χ1) is 9.63. The fourth-order valence-electron chi connectivity index (χ4n) is 2.78. The van der Waals surface area contributed by atoms with E-state index >= 15 is 0 Å². The third kappa shape index (κ3) is 3.51. The summed E-state index contributed by atoms with van der Waals surface area (Å²) in [7, 11) is 0. The Balaban J connectivity index is 2.12. The maximum Gasteiger partial charge on any atom is 0.219 e. The highest BCUT2D eigenvalue weighted by Gasteiger charge is 2.24. The minimum Gasteiger partial charge on any atom is -0.342 e. The number of carbonyl (C=O) groups excluding carboxylic acids is 1. The Morgan fingerprint density at radius 2 is 2.05 bits per heavy atom. The number of amides is 1. The van der Waals surface area contributed by atoms with Gasteiger partial charge in [0.2, 0.25) is 5.91 Å². The van der Waals surface area contributed by atoms with Crippen molar-refractivity contribution in [1.29, 1.82) is 0 Å². The summed E-state index contributed by atoms with van der Waals surface area (Å²) >= 11 is 6.29. The smallest absolute Gasteiger partial charge is 0.219 e. The van der Waals surface area contributed by atoms with E-state index in [1.165, 1.54) is 0 Å². The van der Waals surface area contributed by atoms with Crippen LogP contribution in [0.5, 0.6) is 0 Å². The molecule has 0 bridgehead atoms. The molecule has 1 saturated heterocycles. The maximum atomic E-state index is 11.5. The molecule has 0 radical (unpaired) electrons. The van der Waals surface area contributed by atoms with Crippen molar-refractivity contribution in [3.8, 4) is 0 Å². The Bertz CT molecular complexity index is 466. The van der Waals surface area contributed by atoms with Crippen molar-refractivity contribution in [2.24, 2.45) is 5.73 Å². The molecular formula is C15H22ClN3O. The zero-order valence-corrected chi connectivity index (χ0v) is 12.6. The molecule has 1 fully saturated rings. The van der Waals surface area contributed by atoms with Crippen molar-refractivity contribution in [3.63, 3.8) is 0 Å². The quantitative estimate of drug-likeness (QED) is 0.926. The Kier molecular flexibility index (Phi) is 5.40. The molecule has 2 N–H and O–H groups in total. The van der Waals surface area contributed by atoms with Gasteiger partial charge in [-0.1, -0.05) is 29.8 Å². The Hall–Kier alpha value is -1.10. The van der Waals surface area contributed by atoms with Gasteiger partial charge in [0, 0.05) is 50.7 Å². The van der Waals surface area contributed by atoms with E-state index in [4.69, 9.17) is 17.3 Å². The van der Waals surface area contributed by atoms with Crippen molar-refractivity contribution < 1.29 is 4.79 Å². The van der Waals surface area contributed by atoms with E-state index in [0.29, 0.717) is 6.54 Å². The van der Waals surface area contributed by atoms with Gasteiger partial charge in [-0.25, -0.2) is 0 Å². The second-order valence-corrected chi connectivity index (χ2v) is 5.58. The largest absolute Gasteiger partial charge is 0.342 e. The Morgan fingerprint density at radius 3 is 2.70 bits per heavy atom. The van der Waals surface area contributed by atoms with E-state index in [1.807, 2.05) is 29.2 Å². The lowest BCUT2D eigenvalue weighted by molar-refractivity contribution is -0.128. The lowest BCUT2D eigenvalue weighted by Gasteiger charge is -2.30. The van der Waals surface area contributed by atoms with E-state index < -0.39 is 0 Å². The van der Waals surface area contributed by atoms with Crippen LogP contribution in [0.2, 0.25) is 5.02 Å². The molecule has 5 heteroatoms. The number of nitrogens with zero attached hydrogens (tertiary/aromatic N) is 2. The van der Waals surface area contributed by atoms with Crippen LogP contribution in [0.25, 0.3) is 0 Å². The molecular weight excluding hydrogens is 274 g/mol. The van der Waals surface area contributed by atoms with Gasteiger partial charge in [0.15, 0.2) is 0 Å². The van der Waals surface area contributed by atoms with Crippen LogP contribution in [0, 0.1) is 0 Å². The molecule has 1 aliphatic rings. The number of nitrogens with two attached hydrogens (primary N) is 1. The molecule has 1 amide bonds. The molecule has 1 aliphatic heterocycles. The van der Waals surface area contributed by atoms with Crippen molar-refractivity contribution in [1.82, 2.24) is 9.80 Å². The van der Waals surface area contributed by atoms with Gasteiger partial charge in [0.25, 0.3) is 0 Å². The van der Waals surface area contributed by atoms with Crippen LogP contribution in [0.15, 0.2) is 24.3 Å². The molecule has 1 atom stereocenters. The number of rotatable bonds is 3. The standard InChI is InChI=1S/C15H22ClN3O/c1-12(20)18-7-4-8-19(10-9-18)15(11-17)13-5-2-3-6-14(13)16/h2-3,5-6,15H,4,7-11,17H2,1H3. The third-order valence-electron chi connectivity index (χ3n) is 3.90. The van der Waals surface area contributed by atoms with Crippen LogP contribution in [0.3, 0.4) is 0 Å². The fourth-order valence-corrected chi connectivity index (χ4v) is 3.04. The monoisotopic (exact) mass is 295 g/mol. The maximum absolute atomic E-state index is 11.5. The summed E-state index contributed by atoms with van der Waals surface area (Å²) in [4.78, 5) is 15.7. The molecule has 1 unspecified atom stereocenters. The van der Waals surface area contributed by atoms with E-state index in [-0.39, 0.29) is 11.9 Å². The molecule has 0 aromatic heterocycles. The first kappa shape index (κ1) is 15.3. The van der Waals surface area contributed by atoms with Crippen molar-refractivity contribution in [2.45, 2.75) is 19.4 Å². The van der Waals surface area contributed by atoms with Crippen LogP contribution >= 0.6 is 11.6 Å². The molecule has 0 spiro atoms. The van der Waals surface area contributed by atoms with Gasteiger partial charge in [-0.2, -0.15) is 0 Å². The minimum absolute atomic E-state index is 0.121. The molecule has 0 aliphatic carbocycles. The number of carbonyl (C=O) groups is 1. The molecule has 1 aromatic rings. The molecule has 4 nitrogen and oxygen atoms in total. The van der Waals surface area contributed by atoms with E-state index in [1.54, 1.807) is 6.92 Å². The molecule has 0 saturated carbocycles. The van der Waals surface area contributed by atoms with Gasteiger partial charge in [-0.15, -0.1) is 0 Å². The average molecular weight is 296 g/mol. The first-order valence-electron chi connectivity index (χ1n) is 7.07. The van der Waals surface area contributed by atoms with E-state index in [2.05, 4.69) is 4.90 Å². The average Bonchev–Trinajstić information content (AvgIpc) is 2.68.